The fourth-order valence-corrected chi connectivity index (χ4v) is 4.85. The number of amides is 3. The summed E-state index contributed by atoms with van der Waals surface area (Å²) in [5.41, 5.74) is 7.41. The van der Waals surface area contributed by atoms with Crippen LogP contribution in [0.25, 0.3) is 0 Å². The lowest BCUT2D eigenvalue weighted by Gasteiger charge is -2.15. The summed E-state index contributed by atoms with van der Waals surface area (Å²) in [6.45, 7) is 1.05. The molecule has 1 heterocycles. The first-order chi connectivity index (χ1) is 18.1. The van der Waals surface area contributed by atoms with E-state index in [1.54, 1.807) is 25.1 Å². The Morgan fingerprint density at radius 3 is 2.55 bits per heavy atom. The molecule has 0 aliphatic carbocycles. The molecule has 3 amide bonds. The molecule has 1 aliphatic heterocycles. The molecule has 0 saturated carbocycles. The summed E-state index contributed by atoms with van der Waals surface area (Å²) in [5, 5.41) is 12.8. The van der Waals surface area contributed by atoms with Gasteiger partial charge in [-0.05, 0) is 55.0 Å². The number of nitro groups is 1. The van der Waals surface area contributed by atoms with Crippen LogP contribution in [0, 0.1) is 17.0 Å². The summed E-state index contributed by atoms with van der Waals surface area (Å²) in [7, 11) is 0. The molecule has 38 heavy (non-hydrogen) atoms. The van der Waals surface area contributed by atoms with E-state index >= 15 is 0 Å². The molecule has 3 aromatic rings. The molecule has 3 N–H and O–H groups in total. The van der Waals surface area contributed by atoms with Crippen molar-refractivity contribution in [3.8, 4) is 0 Å². The van der Waals surface area contributed by atoms with Gasteiger partial charge in [0, 0.05) is 29.1 Å². The standard InChI is InChI=1S/C26H22N4O7S/c1-15-5-8-19(30(35)36)12-21(15)28-23(31)14-37-26(34)16-6-9-18(10-7-16)29-24(32)13-22(25(29)33)38-20-4-2-3-17(27)11-20/h2-12,22H,13-14,27H2,1H3,(H,28,31). The molecule has 3 aromatic carbocycles. The van der Waals surface area contributed by atoms with Gasteiger partial charge in [-0.25, -0.2) is 9.69 Å². The second-order valence-corrected chi connectivity index (χ2v) is 9.65. The van der Waals surface area contributed by atoms with Gasteiger partial charge in [-0.1, -0.05) is 12.1 Å². The van der Waals surface area contributed by atoms with Crippen molar-refractivity contribution in [3.63, 3.8) is 0 Å². The maximum atomic E-state index is 12.9. The summed E-state index contributed by atoms with van der Waals surface area (Å²) in [6, 6.07) is 16.8. The second kappa shape index (κ2) is 11.1. The molecule has 1 fully saturated rings. The first kappa shape index (κ1) is 26.4. The summed E-state index contributed by atoms with van der Waals surface area (Å²) in [6.07, 6.45) is 0.0290. The third kappa shape index (κ3) is 5.98. The second-order valence-electron chi connectivity index (χ2n) is 8.38. The molecular formula is C26H22N4O7S. The number of rotatable bonds is 8. The molecule has 4 rings (SSSR count). The van der Waals surface area contributed by atoms with Gasteiger partial charge in [-0.2, -0.15) is 0 Å². The Morgan fingerprint density at radius 1 is 1.13 bits per heavy atom. The van der Waals surface area contributed by atoms with E-state index in [1.165, 1.54) is 54.2 Å². The lowest BCUT2D eigenvalue weighted by atomic mass is 10.2. The number of nitrogens with zero attached hydrogens (tertiary/aromatic N) is 2. The number of thioether (sulfide) groups is 1. The fourth-order valence-electron chi connectivity index (χ4n) is 3.73. The topological polar surface area (TPSA) is 162 Å². The molecule has 0 aromatic heterocycles. The van der Waals surface area contributed by atoms with Gasteiger partial charge in [0.25, 0.3) is 11.6 Å². The average molecular weight is 535 g/mol. The van der Waals surface area contributed by atoms with E-state index in [-0.39, 0.29) is 35.2 Å². The number of nitrogens with one attached hydrogen (secondary N) is 1. The Morgan fingerprint density at radius 2 is 1.87 bits per heavy atom. The fraction of sp³-hybridized carbons (Fsp3) is 0.154. The number of esters is 1. The number of hydrogen-bond donors (Lipinski definition) is 2. The van der Waals surface area contributed by atoms with Gasteiger partial charge in [0.2, 0.25) is 11.8 Å². The van der Waals surface area contributed by atoms with E-state index in [0.717, 1.165) is 9.80 Å². The molecule has 11 nitrogen and oxygen atoms in total. The van der Waals surface area contributed by atoms with Crippen LogP contribution < -0.4 is 16.0 Å². The van der Waals surface area contributed by atoms with Gasteiger partial charge in [0.05, 0.1) is 27.1 Å². The number of imide groups is 1. The smallest absolute Gasteiger partial charge is 0.338 e. The van der Waals surface area contributed by atoms with Gasteiger partial charge in [-0.15, -0.1) is 11.8 Å². The number of nitrogen functional groups attached to an aromatic ring is 1. The predicted molar refractivity (Wildman–Crippen MR) is 141 cm³/mol. The van der Waals surface area contributed by atoms with Crippen LogP contribution in [-0.4, -0.2) is 40.5 Å². The minimum atomic E-state index is -0.795. The molecule has 1 saturated heterocycles. The molecule has 1 aliphatic rings. The largest absolute Gasteiger partial charge is 0.452 e. The van der Waals surface area contributed by atoms with Crippen LogP contribution in [-0.2, 0) is 19.1 Å². The van der Waals surface area contributed by atoms with Gasteiger partial charge in [-0.3, -0.25) is 24.5 Å². The quantitative estimate of drug-likeness (QED) is 0.144. The third-order valence-corrected chi connectivity index (χ3v) is 6.82. The average Bonchev–Trinajstić information content (AvgIpc) is 3.16. The van der Waals surface area contributed by atoms with E-state index in [0.29, 0.717) is 16.9 Å². The summed E-state index contributed by atoms with van der Waals surface area (Å²) >= 11 is 1.26. The Balaban J connectivity index is 1.35. The summed E-state index contributed by atoms with van der Waals surface area (Å²) in [4.78, 5) is 62.3. The van der Waals surface area contributed by atoms with Gasteiger partial charge in [0.15, 0.2) is 6.61 Å². The molecular weight excluding hydrogens is 512 g/mol. The summed E-state index contributed by atoms with van der Waals surface area (Å²) in [5.74, 6) is -2.20. The number of non-ortho nitro benzene ring substituents is 1. The number of hydrogen-bond acceptors (Lipinski definition) is 9. The lowest BCUT2D eigenvalue weighted by molar-refractivity contribution is -0.384. The first-order valence-corrected chi connectivity index (χ1v) is 12.2. The molecule has 0 bridgehead atoms. The highest BCUT2D eigenvalue weighted by molar-refractivity contribution is 8.00. The van der Waals surface area contributed by atoms with Crippen molar-refractivity contribution in [2.24, 2.45) is 0 Å². The highest BCUT2D eigenvalue weighted by atomic mass is 32.2. The SMILES string of the molecule is Cc1ccc([N+](=O)[O-])cc1NC(=O)COC(=O)c1ccc(N2C(=O)CC(Sc3cccc(N)c3)C2=O)cc1. The van der Waals surface area contributed by atoms with Crippen molar-refractivity contribution in [1.82, 2.24) is 0 Å². The molecule has 1 atom stereocenters. The maximum absolute atomic E-state index is 12.9. The number of aryl methyl sites for hydroxylation is 1. The van der Waals surface area contributed by atoms with Gasteiger partial charge >= 0.3 is 5.97 Å². The zero-order valence-corrected chi connectivity index (χ0v) is 20.9. The van der Waals surface area contributed by atoms with Crippen LogP contribution in [0.4, 0.5) is 22.7 Å². The van der Waals surface area contributed by atoms with Crippen molar-refractivity contribution in [3.05, 3.63) is 88.0 Å². The zero-order chi connectivity index (χ0) is 27.4. The van der Waals surface area contributed by atoms with Crippen LogP contribution >= 0.6 is 11.8 Å². The van der Waals surface area contributed by atoms with Crippen LogP contribution in [0.15, 0.2) is 71.6 Å². The Labute approximate surface area is 221 Å². The summed E-state index contributed by atoms with van der Waals surface area (Å²) < 4.78 is 5.03. The van der Waals surface area contributed by atoms with E-state index in [4.69, 9.17) is 10.5 Å². The van der Waals surface area contributed by atoms with Gasteiger partial charge in [0.1, 0.15) is 0 Å². The predicted octanol–water partition coefficient (Wildman–Crippen LogP) is 3.71. The van der Waals surface area contributed by atoms with E-state index in [9.17, 15) is 29.3 Å². The number of nitro benzene ring substituents is 1. The number of ether oxygens (including phenoxy) is 1. The molecule has 0 spiro atoms. The Bertz CT molecular complexity index is 1440. The van der Waals surface area contributed by atoms with Crippen LogP contribution in [0.3, 0.4) is 0 Å². The van der Waals surface area contributed by atoms with Crippen molar-refractivity contribution >= 4 is 58.2 Å². The highest BCUT2D eigenvalue weighted by Crippen LogP contribution is 2.34. The van der Waals surface area contributed by atoms with Crippen molar-refractivity contribution < 1.29 is 28.8 Å². The Kier molecular flexibility index (Phi) is 7.72. The van der Waals surface area contributed by atoms with E-state index in [2.05, 4.69) is 5.32 Å². The molecule has 1 unspecified atom stereocenters. The lowest BCUT2D eigenvalue weighted by Crippen LogP contribution is -2.31. The van der Waals surface area contributed by atoms with E-state index in [1.807, 2.05) is 6.07 Å². The minimum Gasteiger partial charge on any atom is -0.452 e. The Hall–Kier alpha value is -4.71. The van der Waals surface area contributed by atoms with Gasteiger partial charge < -0.3 is 15.8 Å². The van der Waals surface area contributed by atoms with Crippen LogP contribution in [0.1, 0.15) is 22.3 Å². The van der Waals surface area contributed by atoms with Crippen LogP contribution in [0.5, 0.6) is 0 Å². The normalized spacial score (nSPS) is 14.9. The van der Waals surface area contributed by atoms with E-state index < -0.39 is 28.7 Å². The number of benzene rings is 3. The first-order valence-electron chi connectivity index (χ1n) is 11.3. The minimum absolute atomic E-state index is 0.0290. The van der Waals surface area contributed by atoms with Crippen molar-refractivity contribution in [2.45, 2.75) is 23.5 Å². The highest BCUT2D eigenvalue weighted by Gasteiger charge is 2.40. The number of carbonyl (C=O) groups excluding carboxylic acids is 4. The zero-order valence-electron chi connectivity index (χ0n) is 20.1. The molecule has 12 heteroatoms. The molecule has 194 valence electrons. The van der Waals surface area contributed by atoms with Crippen molar-refractivity contribution in [1.29, 1.82) is 0 Å². The third-order valence-electron chi connectivity index (χ3n) is 5.64. The van der Waals surface area contributed by atoms with Crippen LogP contribution in [0.2, 0.25) is 0 Å². The maximum Gasteiger partial charge on any atom is 0.338 e. The number of nitrogens with two attached hydrogens (primary N) is 1. The monoisotopic (exact) mass is 534 g/mol. The molecule has 0 radical (unpaired) electrons. The van der Waals surface area contributed by atoms with Crippen molar-refractivity contribution in [2.75, 3.05) is 22.6 Å². The number of carbonyl (C=O) groups is 4. The number of anilines is 3.